The molecule has 0 radical (unpaired) electrons. The van der Waals surface area contributed by atoms with E-state index in [1.807, 2.05) is 0 Å². The normalized spacial score (nSPS) is 19.0. The molecule has 1 saturated heterocycles. The van der Waals surface area contributed by atoms with Crippen molar-refractivity contribution in [2.75, 3.05) is 25.0 Å². The maximum Gasteiger partial charge on any atom is 0.280 e. The predicted octanol–water partition coefficient (Wildman–Crippen LogP) is 1.90. The van der Waals surface area contributed by atoms with E-state index in [-0.39, 0.29) is 5.91 Å². The number of amides is 1. The van der Waals surface area contributed by atoms with Crippen LogP contribution in [0, 0.1) is 11.3 Å². The summed E-state index contributed by atoms with van der Waals surface area (Å²) in [5.74, 6) is 0.0600. The Morgan fingerprint density at radius 3 is 2.64 bits per heavy atom. The van der Waals surface area contributed by atoms with Crippen molar-refractivity contribution in [3.05, 3.63) is 16.0 Å². The van der Waals surface area contributed by atoms with Crippen molar-refractivity contribution in [1.29, 1.82) is 5.26 Å². The van der Waals surface area contributed by atoms with Crippen LogP contribution in [0.5, 0.6) is 0 Å². The van der Waals surface area contributed by atoms with E-state index >= 15 is 0 Å². The maximum atomic E-state index is 12.3. The van der Waals surface area contributed by atoms with Crippen LogP contribution in [-0.2, 0) is 17.6 Å². The van der Waals surface area contributed by atoms with Gasteiger partial charge in [0.05, 0.1) is 18.7 Å². The Morgan fingerprint density at radius 1 is 1.14 bits per heavy atom. The Morgan fingerprint density at radius 2 is 1.86 bits per heavy atom. The molecule has 2 aliphatic rings. The molecule has 1 amide bonds. The molecule has 4 nitrogen and oxygen atoms in total. The van der Waals surface area contributed by atoms with Gasteiger partial charge in [-0.15, -0.1) is 11.3 Å². The van der Waals surface area contributed by atoms with Gasteiger partial charge < -0.3 is 10.2 Å². The fourth-order valence-electron chi connectivity index (χ4n) is 3.58. The average molecular weight is 318 g/mol. The zero-order chi connectivity index (χ0) is 15.4. The quantitative estimate of drug-likeness (QED) is 0.836. The van der Waals surface area contributed by atoms with Crippen molar-refractivity contribution in [1.82, 2.24) is 0 Å². The van der Waals surface area contributed by atoms with Crippen LogP contribution >= 0.6 is 11.3 Å². The minimum absolute atomic E-state index is 0.0600. The molecule has 0 spiro atoms. The number of hydrogen-bond donors (Lipinski definition) is 2. The molecule has 3 rings (SSSR count). The monoisotopic (exact) mass is 318 g/mol. The number of carbonyl (C=O) groups is 1. The number of nitrogens with one attached hydrogen (secondary N) is 2. The number of thiophene rings is 1. The zero-order valence-electron chi connectivity index (χ0n) is 13.0. The molecule has 0 unspecified atom stereocenters. The molecule has 2 heterocycles. The predicted molar refractivity (Wildman–Crippen MR) is 88.3 cm³/mol. The van der Waals surface area contributed by atoms with Crippen molar-refractivity contribution < 1.29 is 9.69 Å². The number of quaternary nitrogens is 1. The first-order valence-electron chi connectivity index (χ1n) is 8.46. The second-order valence-electron chi connectivity index (χ2n) is 6.42. The zero-order valence-corrected chi connectivity index (χ0v) is 13.9. The van der Waals surface area contributed by atoms with Crippen LogP contribution in [0.2, 0.25) is 0 Å². The van der Waals surface area contributed by atoms with E-state index in [9.17, 15) is 10.1 Å². The molecule has 1 aliphatic carbocycles. The van der Waals surface area contributed by atoms with E-state index in [2.05, 4.69) is 11.4 Å². The highest BCUT2D eigenvalue weighted by molar-refractivity contribution is 7.16. The summed E-state index contributed by atoms with van der Waals surface area (Å²) in [5.41, 5.74) is 1.93. The second kappa shape index (κ2) is 7.26. The van der Waals surface area contributed by atoms with Gasteiger partial charge in [0.15, 0.2) is 6.54 Å². The molecule has 118 valence electrons. The van der Waals surface area contributed by atoms with E-state index < -0.39 is 0 Å². The first-order chi connectivity index (χ1) is 10.8. The van der Waals surface area contributed by atoms with Gasteiger partial charge in [0.2, 0.25) is 0 Å². The smallest absolute Gasteiger partial charge is 0.280 e. The number of piperidine rings is 1. The van der Waals surface area contributed by atoms with Crippen molar-refractivity contribution >= 4 is 22.2 Å². The average Bonchev–Trinajstić information content (AvgIpc) is 2.69. The number of nitriles is 1. The molecule has 0 atom stereocenters. The lowest BCUT2D eigenvalue weighted by Gasteiger charge is -2.22. The Bertz CT molecular complexity index is 581. The van der Waals surface area contributed by atoms with Gasteiger partial charge >= 0.3 is 0 Å². The highest BCUT2D eigenvalue weighted by Crippen LogP contribution is 2.36. The molecule has 1 aliphatic heterocycles. The SMILES string of the molecule is N#Cc1c(NC(=O)C[NH+]2CCCCC2)sc2c1CCCCC2. The van der Waals surface area contributed by atoms with Crippen molar-refractivity contribution in [3.63, 3.8) is 0 Å². The summed E-state index contributed by atoms with van der Waals surface area (Å²) in [5, 5.41) is 13.3. The molecule has 0 saturated carbocycles. The maximum absolute atomic E-state index is 12.3. The van der Waals surface area contributed by atoms with Gasteiger partial charge in [-0.1, -0.05) is 6.42 Å². The molecule has 22 heavy (non-hydrogen) atoms. The lowest BCUT2D eigenvalue weighted by molar-refractivity contribution is -0.896. The van der Waals surface area contributed by atoms with Crippen LogP contribution in [-0.4, -0.2) is 25.5 Å². The number of aryl methyl sites for hydroxylation is 1. The number of hydrogen-bond acceptors (Lipinski definition) is 3. The number of fused-ring (bicyclic) bond motifs is 1. The fourth-order valence-corrected chi connectivity index (χ4v) is 4.83. The highest BCUT2D eigenvalue weighted by atomic mass is 32.1. The van der Waals surface area contributed by atoms with Crippen molar-refractivity contribution in [2.24, 2.45) is 0 Å². The van der Waals surface area contributed by atoms with E-state index in [4.69, 9.17) is 0 Å². The molecule has 1 fully saturated rings. The molecule has 0 bridgehead atoms. The van der Waals surface area contributed by atoms with E-state index in [1.54, 1.807) is 11.3 Å². The van der Waals surface area contributed by atoms with E-state index in [0.29, 0.717) is 6.54 Å². The van der Waals surface area contributed by atoms with Crippen LogP contribution < -0.4 is 10.2 Å². The topological polar surface area (TPSA) is 57.3 Å². The molecular formula is C17H24N3OS+. The van der Waals surface area contributed by atoms with Crippen molar-refractivity contribution in [3.8, 4) is 6.07 Å². The summed E-state index contributed by atoms with van der Waals surface area (Å²) in [6, 6.07) is 2.33. The van der Waals surface area contributed by atoms with Gasteiger partial charge in [-0.3, -0.25) is 4.79 Å². The molecular weight excluding hydrogens is 294 g/mol. The summed E-state index contributed by atoms with van der Waals surface area (Å²) >= 11 is 1.63. The molecule has 5 heteroatoms. The molecule has 0 aromatic carbocycles. The molecule has 1 aromatic heterocycles. The summed E-state index contributed by atoms with van der Waals surface area (Å²) in [6.45, 7) is 2.73. The van der Waals surface area contributed by atoms with Crippen LogP contribution in [0.25, 0.3) is 0 Å². The van der Waals surface area contributed by atoms with E-state index in [0.717, 1.165) is 42.9 Å². The minimum Gasteiger partial charge on any atom is -0.327 e. The summed E-state index contributed by atoms with van der Waals surface area (Å²) < 4.78 is 0. The molecule has 1 aromatic rings. The molecule has 2 N–H and O–H groups in total. The third kappa shape index (κ3) is 3.50. The number of nitrogens with zero attached hydrogens (tertiary/aromatic N) is 1. The highest BCUT2D eigenvalue weighted by Gasteiger charge is 2.23. The summed E-state index contributed by atoms with van der Waals surface area (Å²) in [6.07, 6.45) is 9.38. The lowest BCUT2D eigenvalue weighted by Crippen LogP contribution is -3.13. The van der Waals surface area contributed by atoms with Gasteiger partial charge in [-0.25, -0.2) is 0 Å². The van der Waals surface area contributed by atoms with Gasteiger partial charge in [-0.2, -0.15) is 5.26 Å². The number of rotatable bonds is 3. The first-order valence-corrected chi connectivity index (χ1v) is 9.27. The standard InChI is InChI=1S/C17H23N3OS/c18-11-14-13-7-3-1-4-8-15(13)22-17(14)19-16(21)12-20-9-5-2-6-10-20/h1-10,12H2,(H,19,21)/p+1. The first kappa shape index (κ1) is 15.5. The van der Waals surface area contributed by atoms with Crippen LogP contribution in [0.15, 0.2) is 0 Å². The Hall–Kier alpha value is -1.38. The minimum atomic E-state index is 0.0600. The number of anilines is 1. The van der Waals surface area contributed by atoms with Crippen LogP contribution in [0.3, 0.4) is 0 Å². The Kier molecular flexibility index (Phi) is 5.12. The van der Waals surface area contributed by atoms with Crippen molar-refractivity contribution in [2.45, 2.75) is 51.4 Å². The number of likely N-dealkylation sites (tertiary alicyclic amines) is 1. The van der Waals surface area contributed by atoms with Gasteiger partial charge in [0.25, 0.3) is 5.91 Å². The van der Waals surface area contributed by atoms with Gasteiger partial charge in [0, 0.05) is 4.88 Å². The van der Waals surface area contributed by atoms with Gasteiger partial charge in [0.1, 0.15) is 11.1 Å². The summed E-state index contributed by atoms with van der Waals surface area (Å²) in [7, 11) is 0. The fraction of sp³-hybridized carbons (Fsp3) is 0.647. The van der Waals surface area contributed by atoms with E-state index in [1.165, 1.54) is 47.4 Å². The van der Waals surface area contributed by atoms with Gasteiger partial charge in [-0.05, 0) is 50.5 Å². The second-order valence-corrected chi connectivity index (χ2v) is 7.52. The lowest BCUT2D eigenvalue weighted by atomic mass is 10.1. The third-order valence-corrected chi connectivity index (χ3v) is 5.96. The van der Waals surface area contributed by atoms with Crippen LogP contribution in [0.4, 0.5) is 5.00 Å². The summed E-state index contributed by atoms with van der Waals surface area (Å²) in [4.78, 5) is 15.0. The third-order valence-electron chi connectivity index (χ3n) is 4.76. The Balaban J connectivity index is 1.69. The van der Waals surface area contributed by atoms with Crippen LogP contribution in [0.1, 0.15) is 54.5 Å². The largest absolute Gasteiger partial charge is 0.327 e. The number of carbonyl (C=O) groups excluding carboxylic acids is 1. The Labute approximate surface area is 136 Å².